The molecule has 7 nitrogen and oxygen atoms in total. The van der Waals surface area contributed by atoms with Crippen molar-refractivity contribution in [2.45, 2.75) is 26.9 Å². The highest BCUT2D eigenvalue weighted by molar-refractivity contribution is 5.72. The first-order valence-electron chi connectivity index (χ1n) is 8.66. The Balaban J connectivity index is 2.04. The molecule has 0 atom stereocenters. The molecule has 3 N–H and O–H groups in total. The molecule has 0 saturated carbocycles. The first-order chi connectivity index (χ1) is 13.2. The molecule has 2 aromatic heterocycles. The van der Waals surface area contributed by atoms with Crippen molar-refractivity contribution in [2.24, 2.45) is 0 Å². The van der Waals surface area contributed by atoms with Gasteiger partial charge in [-0.15, -0.1) is 10.2 Å². The molecule has 7 heteroatoms. The summed E-state index contributed by atoms with van der Waals surface area (Å²) in [6.45, 7) is 3.86. The highest BCUT2D eigenvalue weighted by Gasteiger charge is 2.17. The van der Waals surface area contributed by atoms with Crippen LogP contribution in [0.15, 0.2) is 53.1 Å². The van der Waals surface area contributed by atoms with Gasteiger partial charge in [0.15, 0.2) is 11.5 Å². The van der Waals surface area contributed by atoms with Gasteiger partial charge in [-0.1, -0.05) is 49.4 Å². The fourth-order valence-corrected chi connectivity index (χ4v) is 2.66. The Morgan fingerprint density at radius 1 is 1.26 bits per heavy atom. The van der Waals surface area contributed by atoms with Crippen LogP contribution in [0.25, 0.3) is 28.4 Å². The van der Waals surface area contributed by atoms with Crippen molar-refractivity contribution in [1.29, 1.82) is 0 Å². The first-order valence-corrected chi connectivity index (χ1v) is 8.66. The lowest BCUT2D eigenvalue weighted by Crippen LogP contribution is -2.00. The van der Waals surface area contributed by atoms with Crippen molar-refractivity contribution in [3.63, 3.8) is 0 Å². The number of aliphatic hydroxyl groups excluding tert-OH is 1. The van der Waals surface area contributed by atoms with Crippen molar-refractivity contribution in [3.05, 3.63) is 60.1 Å². The van der Waals surface area contributed by atoms with Crippen LogP contribution in [-0.2, 0) is 6.61 Å². The Morgan fingerprint density at radius 2 is 2.07 bits per heavy atom. The van der Waals surface area contributed by atoms with Crippen LogP contribution in [0.2, 0.25) is 0 Å². The molecule has 0 radical (unpaired) electrons. The second-order valence-electron chi connectivity index (χ2n) is 5.78. The molecule has 138 valence electrons. The van der Waals surface area contributed by atoms with Gasteiger partial charge in [0, 0.05) is 11.1 Å². The quantitative estimate of drug-likeness (QED) is 0.643. The predicted octanol–water partition coefficient (Wildman–Crippen LogP) is 3.64. The minimum atomic E-state index is -0.100. The van der Waals surface area contributed by atoms with Gasteiger partial charge in [-0.3, -0.25) is 0 Å². The zero-order valence-corrected chi connectivity index (χ0v) is 15.3. The molecule has 0 saturated heterocycles. The van der Waals surface area contributed by atoms with Crippen LogP contribution in [0.3, 0.4) is 0 Å². The molecule has 3 rings (SSSR count). The predicted molar refractivity (Wildman–Crippen MR) is 104 cm³/mol. The van der Waals surface area contributed by atoms with Gasteiger partial charge in [0.2, 0.25) is 5.89 Å². The van der Waals surface area contributed by atoms with Crippen molar-refractivity contribution in [3.8, 4) is 22.8 Å². The molecular weight excluding hydrogens is 342 g/mol. The fraction of sp³-hybridized carbons (Fsp3) is 0.200. The van der Waals surface area contributed by atoms with Crippen LogP contribution in [0.1, 0.15) is 31.7 Å². The lowest BCUT2D eigenvalue weighted by Gasteiger charge is -2.08. The minimum absolute atomic E-state index is 0.100. The summed E-state index contributed by atoms with van der Waals surface area (Å²) < 4.78 is 5.79. The average molecular weight is 363 g/mol. The van der Waals surface area contributed by atoms with Crippen molar-refractivity contribution < 1.29 is 9.52 Å². The van der Waals surface area contributed by atoms with E-state index in [1.807, 2.05) is 56.3 Å². The Morgan fingerprint density at radius 3 is 2.81 bits per heavy atom. The van der Waals surface area contributed by atoms with Crippen LogP contribution < -0.4 is 5.73 Å². The minimum Gasteiger partial charge on any atom is -0.414 e. The van der Waals surface area contributed by atoms with Crippen molar-refractivity contribution >= 4 is 11.4 Å². The van der Waals surface area contributed by atoms with Crippen molar-refractivity contribution in [1.82, 2.24) is 20.2 Å². The zero-order chi connectivity index (χ0) is 19.2. The number of nitrogens with zero attached hydrogens (tertiary/aromatic N) is 4. The van der Waals surface area contributed by atoms with Gasteiger partial charge in [0.1, 0.15) is 0 Å². The topological polar surface area (TPSA) is 111 Å². The van der Waals surface area contributed by atoms with Gasteiger partial charge >= 0.3 is 0 Å². The molecule has 27 heavy (non-hydrogen) atoms. The second-order valence-corrected chi connectivity index (χ2v) is 5.78. The van der Waals surface area contributed by atoms with Crippen molar-refractivity contribution in [2.75, 3.05) is 5.73 Å². The van der Waals surface area contributed by atoms with E-state index in [-0.39, 0.29) is 18.3 Å². The highest BCUT2D eigenvalue weighted by atomic mass is 16.4. The molecule has 3 aromatic rings. The molecular formula is C20H21N5O2. The fourth-order valence-electron chi connectivity index (χ4n) is 2.66. The summed E-state index contributed by atoms with van der Waals surface area (Å²) in [7, 11) is 0. The van der Waals surface area contributed by atoms with Crippen LogP contribution in [0, 0.1) is 0 Å². The molecule has 2 heterocycles. The number of nitrogen functional groups attached to an aromatic ring is 1. The van der Waals surface area contributed by atoms with E-state index >= 15 is 0 Å². The number of hydrogen-bond acceptors (Lipinski definition) is 7. The second kappa shape index (κ2) is 8.37. The van der Waals surface area contributed by atoms with E-state index < -0.39 is 0 Å². The van der Waals surface area contributed by atoms with E-state index in [0.29, 0.717) is 17.3 Å². The lowest BCUT2D eigenvalue weighted by molar-refractivity contribution is 0.282. The maximum atomic E-state index is 9.56. The number of benzene rings is 1. The Labute approximate surface area is 157 Å². The van der Waals surface area contributed by atoms with E-state index in [0.717, 1.165) is 23.1 Å². The molecule has 0 bridgehead atoms. The van der Waals surface area contributed by atoms with E-state index in [1.54, 1.807) is 6.20 Å². The van der Waals surface area contributed by atoms with Gasteiger partial charge in [-0.25, -0.2) is 9.97 Å². The number of allylic oxidation sites excluding steroid dienone is 4. The van der Waals surface area contributed by atoms with Crippen LogP contribution in [0.4, 0.5) is 5.82 Å². The summed E-state index contributed by atoms with van der Waals surface area (Å²) in [4.78, 5) is 8.76. The SMILES string of the molecule is CC=CC(=CCC)c1nnc(-c2nc(-c3ccccc3CO)cnc2N)o1. The Kier molecular flexibility index (Phi) is 5.73. The molecule has 0 spiro atoms. The largest absolute Gasteiger partial charge is 0.414 e. The molecule has 1 aromatic carbocycles. The standard InChI is InChI=1S/C20H21N5O2/c1-3-7-13(8-4-2)19-24-25-20(27-19)17-18(21)22-11-16(23-17)15-10-6-5-9-14(15)12-26/h3,5-11,26H,4,12H2,1-2H3,(H2,21,22). The summed E-state index contributed by atoms with van der Waals surface area (Å²) in [6.07, 6.45) is 8.22. The summed E-state index contributed by atoms with van der Waals surface area (Å²) >= 11 is 0. The smallest absolute Gasteiger partial charge is 0.270 e. The molecule has 0 aliphatic rings. The molecule has 0 unspecified atom stereocenters. The summed E-state index contributed by atoms with van der Waals surface area (Å²) in [5, 5.41) is 17.8. The number of aliphatic hydroxyl groups is 1. The lowest BCUT2D eigenvalue weighted by atomic mass is 10.1. The third kappa shape index (κ3) is 3.93. The summed E-state index contributed by atoms with van der Waals surface area (Å²) in [6, 6.07) is 7.42. The maximum absolute atomic E-state index is 9.56. The molecule has 0 fully saturated rings. The Bertz CT molecular complexity index is 992. The number of hydrogen-bond donors (Lipinski definition) is 2. The monoisotopic (exact) mass is 363 g/mol. The van der Waals surface area contributed by atoms with Gasteiger partial charge in [0.05, 0.1) is 18.5 Å². The highest BCUT2D eigenvalue weighted by Crippen LogP contribution is 2.28. The van der Waals surface area contributed by atoms with Gasteiger partial charge in [-0.2, -0.15) is 0 Å². The molecule has 0 aliphatic carbocycles. The first kappa shape index (κ1) is 18.5. The van der Waals surface area contributed by atoms with Crippen LogP contribution in [0.5, 0.6) is 0 Å². The Hall–Kier alpha value is -3.32. The summed E-state index contributed by atoms with van der Waals surface area (Å²) in [5.41, 5.74) is 9.24. The van der Waals surface area contributed by atoms with Crippen LogP contribution >= 0.6 is 0 Å². The van der Waals surface area contributed by atoms with Gasteiger partial charge in [0.25, 0.3) is 5.89 Å². The maximum Gasteiger partial charge on any atom is 0.270 e. The molecule has 0 aliphatic heterocycles. The number of anilines is 1. The number of rotatable bonds is 6. The average Bonchev–Trinajstić information content (AvgIpc) is 3.18. The molecule has 0 amide bonds. The normalized spacial score (nSPS) is 12.0. The third-order valence-electron chi connectivity index (χ3n) is 3.91. The number of nitrogens with two attached hydrogens (primary N) is 1. The number of aromatic nitrogens is 4. The van der Waals surface area contributed by atoms with Gasteiger partial charge < -0.3 is 15.3 Å². The van der Waals surface area contributed by atoms with E-state index in [4.69, 9.17) is 10.2 Å². The van der Waals surface area contributed by atoms with E-state index in [9.17, 15) is 5.11 Å². The van der Waals surface area contributed by atoms with Crippen LogP contribution in [-0.4, -0.2) is 25.3 Å². The third-order valence-corrected chi connectivity index (χ3v) is 3.91. The van der Waals surface area contributed by atoms with E-state index in [1.165, 1.54) is 0 Å². The van der Waals surface area contributed by atoms with E-state index in [2.05, 4.69) is 20.2 Å². The zero-order valence-electron chi connectivity index (χ0n) is 15.3. The summed E-state index contributed by atoms with van der Waals surface area (Å²) in [5.74, 6) is 0.791. The van der Waals surface area contributed by atoms with Gasteiger partial charge in [-0.05, 0) is 18.9 Å².